The monoisotopic (exact) mass is 234 g/mol. The predicted molar refractivity (Wildman–Crippen MR) is 65.9 cm³/mol. The Labute approximate surface area is 101 Å². The fourth-order valence-electron chi connectivity index (χ4n) is 2.06. The second-order valence-electron chi connectivity index (χ2n) is 4.55. The lowest BCUT2D eigenvalue weighted by atomic mass is 10.1. The number of rotatable bonds is 3. The van der Waals surface area contributed by atoms with E-state index < -0.39 is 0 Å². The molecule has 0 fully saturated rings. The molecule has 0 spiro atoms. The zero-order chi connectivity index (χ0) is 12.4. The van der Waals surface area contributed by atoms with Gasteiger partial charge in [0.2, 0.25) is 0 Å². The molecule has 0 heterocycles. The molecule has 0 saturated carbocycles. The van der Waals surface area contributed by atoms with Crippen molar-refractivity contribution < 1.29 is 9.53 Å². The van der Waals surface area contributed by atoms with Crippen LogP contribution in [0.2, 0.25) is 0 Å². The van der Waals surface area contributed by atoms with E-state index in [0.29, 0.717) is 0 Å². The molecule has 0 aromatic heterocycles. The second-order valence-corrected chi connectivity index (χ2v) is 4.55. The van der Waals surface area contributed by atoms with Crippen LogP contribution in [0.3, 0.4) is 0 Å². The van der Waals surface area contributed by atoms with E-state index in [1.54, 1.807) is 14.1 Å². The molecular formula is C13H18N2O2. The Bertz CT molecular complexity index is 429. The van der Waals surface area contributed by atoms with Gasteiger partial charge in [-0.2, -0.15) is 0 Å². The molecule has 92 valence electrons. The smallest absolute Gasteiger partial charge is 0.259 e. The van der Waals surface area contributed by atoms with E-state index in [0.717, 1.165) is 29.7 Å². The zero-order valence-electron chi connectivity index (χ0n) is 10.3. The summed E-state index contributed by atoms with van der Waals surface area (Å²) < 4.78 is 5.57. The molecule has 1 aliphatic carbocycles. The first-order valence-electron chi connectivity index (χ1n) is 5.80. The predicted octanol–water partition coefficient (Wildman–Crippen LogP) is 1.10. The van der Waals surface area contributed by atoms with Crippen LogP contribution in [0.1, 0.15) is 23.6 Å². The van der Waals surface area contributed by atoms with Crippen LogP contribution >= 0.6 is 0 Å². The lowest BCUT2D eigenvalue weighted by Gasteiger charge is -2.14. The third-order valence-electron chi connectivity index (χ3n) is 3.12. The molecule has 17 heavy (non-hydrogen) atoms. The van der Waals surface area contributed by atoms with Gasteiger partial charge in [0, 0.05) is 20.1 Å². The summed E-state index contributed by atoms with van der Waals surface area (Å²) in [6, 6.07) is 5.98. The Hall–Kier alpha value is -1.55. The molecule has 1 aromatic carbocycles. The average Bonchev–Trinajstić information content (AvgIpc) is 2.69. The molecule has 0 aliphatic heterocycles. The Morgan fingerprint density at radius 2 is 2.29 bits per heavy atom. The van der Waals surface area contributed by atoms with E-state index >= 15 is 0 Å². The minimum Gasteiger partial charge on any atom is -0.483 e. The summed E-state index contributed by atoms with van der Waals surface area (Å²) >= 11 is 0. The SMILES string of the molecule is CN(C)C(=O)COc1cccc2c1CCC2N. The summed E-state index contributed by atoms with van der Waals surface area (Å²) in [5, 5.41) is 0. The van der Waals surface area contributed by atoms with Gasteiger partial charge in [-0.3, -0.25) is 4.79 Å². The highest BCUT2D eigenvalue weighted by Gasteiger charge is 2.22. The van der Waals surface area contributed by atoms with Gasteiger partial charge in [0.15, 0.2) is 6.61 Å². The molecule has 0 saturated heterocycles. The standard InChI is InChI=1S/C13H18N2O2/c1-15(2)13(16)8-17-12-5-3-4-9-10(12)6-7-11(9)14/h3-5,11H,6-8,14H2,1-2H3. The number of nitrogens with zero attached hydrogens (tertiary/aromatic N) is 1. The number of hydrogen-bond acceptors (Lipinski definition) is 3. The van der Waals surface area contributed by atoms with E-state index in [9.17, 15) is 4.79 Å². The summed E-state index contributed by atoms with van der Waals surface area (Å²) in [6.07, 6.45) is 1.89. The van der Waals surface area contributed by atoms with Crippen molar-refractivity contribution in [1.29, 1.82) is 0 Å². The van der Waals surface area contributed by atoms with Gasteiger partial charge in [-0.1, -0.05) is 12.1 Å². The van der Waals surface area contributed by atoms with E-state index in [1.165, 1.54) is 4.90 Å². The molecule has 2 N–H and O–H groups in total. The molecule has 0 bridgehead atoms. The van der Waals surface area contributed by atoms with Gasteiger partial charge in [-0.25, -0.2) is 0 Å². The largest absolute Gasteiger partial charge is 0.483 e. The average molecular weight is 234 g/mol. The summed E-state index contributed by atoms with van der Waals surface area (Å²) in [7, 11) is 3.44. The van der Waals surface area contributed by atoms with Crippen molar-refractivity contribution in [3.05, 3.63) is 29.3 Å². The molecule has 4 heteroatoms. The summed E-state index contributed by atoms with van der Waals surface area (Å²) in [4.78, 5) is 13.0. The van der Waals surface area contributed by atoms with Crippen LogP contribution in [0.15, 0.2) is 18.2 Å². The van der Waals surface area contributed by atoms with Crippen LogP contribution in [-0.4, -0.2) is 31.5 Å². The lowest BCUT2D eigenvalue weighted by molar-refractivity contribution is -0.130. The second kappa shape index (κ2) is 4.75. The quantitative estimate of drug-likeness (QED) is 0.852. The fourth-order valence-corrected chi connectivity index (χ4v) is 2.06. The van der Waals surface area contributed by atoms with E-state index in [1.807, 2.05) is 18.2 Å². The van der Waals surface area contributed by atoms with Crippen molar-refractivity contribution in [2.45, 2.75) is 18.9 Å². The van der Waals surface area contributed by atoms with E-state index in [4.69, 9.17) is 10.5 Å². The van der Waals surface area contributed by atoms with Crippen LogP contribution in [0.25, 0.3) is 0 Å². The third kappa shape index (κ3) is 2.42. The molecule has 4 nitrogen and oxygen atoms in total. The van der Waals surface area contributed by atoms with Gasteiger partial charge in [0.1, 0.15) is 5.75 Å². The zero-order valence-corrected chi connectivity index (χ0v) is 10.3. The number of nitrogens with two attached hydrogens (primary N) is 1. The first-order valence-corrected chi connectivity index (χ1v) is 5.80. The van der Waals surface area contributed by atoms with Gasteiger partial charge in [0.05, 0.1) is 0 Å². The minimum absolute atomic E-state index is 0.0371. The Morgan fingerprint density at radius 1 is 1.53 bits per heavy atom. The minimum atomic E-state index is -0.0371. The van der Waals surface area contributed by atoms with Gasteiger partial charge in [-0.05, 0) is 30.0 Å². The molecule has 0 radical (unpaired) electrons. The van der Waals surface area contributed by atoms with E-state index in [-0.39, 0.29) is 18.6 Å². The number of amides is 1. The van der Waals surface area contributed by atoms with Crippen molar-refractivity contribution in [1.82, 2.24) is 4.90 Å². The summed E-state index contributed by atoms with van der Waals surface area (Å²) in [6.45, 7) is 0.0820. The topological polar surface area (TPSA) is 55.6 Å². The molecule has 1 amide bonds. The molecule has 1 aliphatic rings. The normalized spacial score (nSPS) is 17.7. The maximum absolute atomic E-state index is 11.5. The number of carbonyl (C=O) groups excluding carboxylic acids is 1. The number of hydrogen-bond donors (Lipinski definition) is 1. The van der Waals surface area contributed by atoms with Crippen molar-refractivity contribution in [2.75, 3.05) is 20.7 Å². The van der Waals surface area contributed by atoms with Crippen LogP contribution in [0.5, 0.6) is 5.75 Å². The highest BCUT2D eigenvalue weighted by atomic mass is 16.5. The summed E-state index contributed by atoms with van der Waals surface area (Å²) in [5.41, 5.74) is 8.30. The van der Waals surface area contributed by atoms with Crippen molar-refractivity contribution in [3.63, 3.8) is 0 Å². The highest BCUT2D eigenvalue weighted by molar-refractivity contribution is 5.77. The van der Waals surface area contributed by atoms with Gasteiger partial charge < -0.3 is 15.4 Å². The van der Waals surface area contributed by atoms with Crippen LogP contribution in [-0.2, 0) is 11.2 Å². The Balaban J connectivity index is 2.10. The number of likely N-dealkylation sites (N-methyl/N-ethyl adjacent to an activating group) is 1. The molecule has 1 aromatic rings. The fraction of sp³-hybridized carbons (Fsp3) is 0.462. The van der Waals surface area contributed by atoms with Crippen molar-refractivity contribution in [3.8, 4) is 5.75 Å². The molecule has 1 atom stereocenters. The van der Waals surface area contributed by atoms with Crippen molar-refractivity contribution in [2.24, 2.45) is 5.73 Å². The Morgan fingerprint density at radius 3 is 3.00 bits per heavy atom. The number of carbonyl (C=O) groups is 1. The number of benzene rings is 1. The maximum Gasteiger partial charge on any atom is 0.259 e. The lowest BCUT2D eigenvalue weighted by Crippen LogP contribution is -2.27. The first kappa shape index (κ1) is 11.9. The summed E-state index contributed by atoms with van der Waals surface area (Å²) in [5.74, 6) is 0.760. The Kier molecular flexibility index (Phi) is 3.33. The maximum atomic E-state index is 11.5. The number of fused-ring (bicyclic) bond motifs is 1. The molecular weight excluding hydrogens is 216 g/mol. The molecule has 1 unspecified atom stereocenters. The van der Waals surface area contributed by atoms with Crippen LogP contribution in [0.4, 0.5) is 0 Å². The van der Waals surface area contributed by atoms with Crippen LogP contribution < -0.4 is 10.5 Å². The molecule has 2 rings (SSSR count). The third-order valence-corrected chi connectivity index (χ3v) is 3.12. The van der Waals surface area contributed by atoms with Crippen LogP contribution in [0, 0.1) is 0 Å². The first-order chi connectivity index (χ1) is 8.09. The van der Waals surface area contributed by atoms with Gasteiger partial charge in [-0.15, -0.1) is 0 Å². The number of ether oxygens (including phenoxy) is 1. The van der Waals surface area contributed by atoms with Gasteiger partial charge in [0.25, 0.3) is 5.91 Å². The van der Waals surface area contributed by atoms with E-state index in [2.05, 4.69) is 0 Å². The van der Waals surface area contributed by atoms with Crippen molar-refractivity contribution >= 4 is 5.91 Å². The highest BCUT2D eigenvalue weighted by Crippen LogP contribution is 2.35. The van der Waals surface area contributed by atoms with Gasteiger partial charge >= 0.3 is 0 Å².